The molecule has 2 heterocycles. The maximum atomic E-state index is 12.6. The minimum Gasteiger partial charge on any atom is -0.294 e. The van der Waals surface area contributed by atoms with Gasteiger partial charge in [0.25, 0.3) is 11.1 Å². The van der Waals surface area contributed by atoms with Gasteiger partial charge in [0.2, 0.25) is 0 Å². The molecular formula is C15H13ClN4O3. The number of aryl methyl sites for hydroxylation is 2. The van der Waals surface area contributed by atoms with Gasteiger partial charge in [-0.15, -0.1) is 0 Å². The molecule has 0 radical (unpaired) electrons. The van der Waals surface area contributed by atoms with Gasteiger partial charge in [-0.3, -0.25) is 23.3 Å². The number of benzene rings is 1. The predicted octanol–water partition coefficient (Wildman–Crippen LogP) is 0.651. The first-order chi connectivity index (χ1) is 10.8. The Morgan fingerprint density at radius 2 is 1.48 bits per heavy atom. The van der Waals surface area contributed by atoms with Crippen molar-refractivity contribution in [1.82, 2.24) is 18.7 Å². The molecule has 0 saturated heterocycles. The number of fused-ring (bicyclic) bond motifs is 1. The van der Waals surface area contributed by atoms with Crippen LogP contribution < -0.4 is 16.8 Å². The van der Waals surface area contributed by atoms with Crippen LogP contribution in [0.15, 0.2) is 38.6 Å². The zero-order chi connectivity index (χ0) is 16.9. The number of hydrogen-bond acceptors (Lipinski definition) is 4. The Morgan fingerprint density at radius 3 is 2.09 bits per heavy atom. The van der Waals surface area contributed by atoms with Crippen molar-refractivity contribution in [3.63, 3.8) is 0 Å². The van der Waals surface area contributed by atoms with E-state index in [0.29, 0.717) is 10.6 Å². The first-order valence-electron chi connectivity index (χ1n) is 6.75. The average molecular weight is 333 g/mol. The summed E-state index contributed by atoms with van der Waals surface area (Å²) in [5.41, 5.74) is -0.543. The minimum absolute atomic E-state index is 0.0571. The van der Waals surface area contributed by atoms with Crippen LogP contribution in [-0.2, 0) is 21.1 Å². The summed E-state index contributed by atoms with van der Waals surface area (Å²) in [6.07, 6.45) is 0. The largest absolute Gasteiger partial charge is 0.332 e. The van der Waals surface area contributed by atoms with Gasteiger partial charge in [0.1, 0.15) is 5.69 Å². The molecule has 2 aromatic heterocycles. The molecule has 8 heteroatoms. The second kappa shape index (κ2) is 5.20. The molecule has 0 aliphatic heterocycles. The van der Waals surface area contributed by atoms with E-state index in [1.54, 1.807) is 24.3 Å². The molecule has 7 nitrogen and oxygen atoms in total. The van der Waals surface area contributed by atoms with Gasteiger partial charge in [-0.2, -0.15) is 0 Å². The maximum absolute atomic E-state index is 12.6. The SMILES string of the molecule is Cn1c(=O)c2nc(-c3ccc(Cl)cc3)c(=O)n(C)c2n(C)c1=O. The van der Waals surface area contributed by atoms with Gasteiger partial charge in [-0.1, -0.05) is 23.7 Å². The molecule has 0 atom stereocenters. The minimum atomic E-state index is -0.547. The van der Waals surface area contributed by atoms with Crippen molar-refractivity contribution in [2.24, 2.45) is 21.1 Å². The van der Waals surface area contributed by atoms with E-state index < -0.39 is 16.8 Å². The molecule has 3 aromatic rings. The molecule has 0 saturated carbocycles. The van der Waals surface area contributed by atoms with Crippen molar-refractivity contribution in [1.29, 1.82) is 0 Å². The Labute approximate surface area is 135 Å². The second-order valence-electron chi connectivity index (χ2n) is 5.21. The van der Waals surface area contributed by atoms with Gasteiger partial charge >= 0.3 is 5.69 Å². The molecule has 1 aromatic carbocycles. The lowest BCUT2D eigenvalue weighted by atomic mass is 10.1. The topological polar surface area (TPSA) is 78.9 Å². The summed E-state index contributed by atoms with van der Waals surface area (Å²) >= 11 is 5.85. The van der Waals surface area contributed by atoms with E-state index in [0.717, 1.165) is 4.57 Å². The summed E-state index contributed by atoms with van der Waals surface area (Å²) in [6.45, 7) is 0. The van der Waals surface area contributed by atoms with Crippen molar-refractivity contribution in [3.05, 3.63) is 60.5 Å². The molecular weight excluding hydrogens is 320 g/mol. The highest BCUT2D eigenvalue weighted by atomic mass is 35.5. The summed E-state index contributed by atoms with van der Waals surface area (Å²) in [7, 11) is 4.37. The third-order valence-electron chi connectivity index (χ3n) is 3.78. The van der Waals surface area contributed by atoms with Gasteiger partial charge < -0.3 is 0 Å². The van der Waals surface area contributed by atoms with Crippen LogP contribution in [0.1, 0.15) is 0 Å². The molecule has 0 aliphatic carbocycles. The molecule has 0 spiro atoms. The van der Waals surface area contributed by atoms with Crippen molar-refractivity contribution in [2.45, 2.75) is 0 Å². The van der Waals surface area contributed by atoms with E-state index in [2.05, 4.69) is 4.98 Å². The predicted molar refractivity (Wildman–Crippen MR) is 87.9 cm³/mol. The van der Waals surface area contributed by atoms with Crippen LogP contribution in [0.2, 0.25) is 5.02 Å². The zero-order valence-corrected chi connectivity index (χ0v) is 13.5. The van der Waals surface area contributed by atoms with Crippen LogP contribution in [0.3, 0.4) is 0 Å². The van der Waals surface area contributed by atoms with Gasteiger partial charge in [-0.25, -0.2) is 9.78 Å². The third kappa shape index (κ3) is 2.20. The second-order valence-corrected chi connectivity index (χ2v) is 5.65. The highest BCUT2D eigenvalue weighted by Gasteiger charge is 2.17. The van der Waals surface area contributed by atoms with Gasteiger partial charge in [-0.05, 0) is 12.1 Å². The average Bonchev–Trinajstić information content (AvgIpc) is 2.54. The number of halogens is 1. The van der Waals surface area contributed by atoms with Crippen LogP contribution in [-0.4, -0.2) is 18.7 Å². The summed E-state index contributed by atoms with van der Waals surface area (Å²) < 4.78 is 3.46. The molecule has 0 N–H and O–H groups in total. The number of rotatable bonds is 1. The Kier molecular flexibility index (Phi) is 3.45. The first-order valence-corrected chi connectivity index (χ1v) is 7.13. The van der Waals surface area contributed by atoms with Crippen LogP contribution >= 0.6 is 11.6 Å². The molecule has 0 aliphatic rings. The summed E-state index contributed by atoms with van der Waals surface area (Å²) in [4.78, 5) is 41.2. The summed E-state index contributed by atoms with van der Waals surface area (Å²) in [5.74, 6) is 0. The van der Waals surface area contributed by atoms with Gasteiger partial charge in [0.15, 0.2) is 11.2 Å². The monoisotopic (exact) mass is 332 g/mol. The lowest BCUT2D eigenvalue weighted by molar-refractivity contribution is 0.684. The van der Waals surface area contributed by atoms with E-state index in [-0.39, 0.29) is 16.9 Å². The molecule has 0 fully saturated rings. The Balaban J connectivity index is 2.51. The first kappa shape index (κ1) is 15.2. The van der Waals surface area contributed by atoms with Gasteiger partial charge in [0, 0.05) is 31.7 Å². The van der Waals surface area contributed by atoms with E-state index in [1.165, 1.54) is 30.3 Å². The molecule has 3 rings (SSSR count). The quantitative estimate of drug-likeness (QED) is 0.655. The van der Waals surface area contributed by atoms with Crippen LogP contribution in [0, 0.1) is 0 Å². The standard InChI is InChI=1S/C15H13ClN4O3/c1-18-12-11(14(22)20(3)15(23)19(12)2)17-10(13(18)21)8-4-6-9(16)7-5-8/h4-7H,1-3H3. The Bertz CT molecular complexity index is 1110. The van der Waals surface area contributed by atoms with Gasteiger partial charge in [0.05, 0.1) is 0 Å². The Morgan fingerprint density at radius 1 is 0.870 bits per heavy atom. The van der Waals surface area contributed by atoms with E-state index in [1.807, 2.05) is 0 Å². The van der Waals surface area contributed by atoms with Crippen molar-refractivity contribution in [3.8, 4) is 11.3 Å². The smallest absolute Gasteiger partial charge is 0.294 e. The lowest BCUT2D eigenvalue weighted by Gasteiger charge is -2.12. The fourth-order valence-electron chi connectivity index (χ4n) is 2.51. The van der Waals surface area contributed by atoms with Crippen LogP contribution in [0.5, 0.6) is 0 Å². The maximum Gasteiger partial charge on any atom is 0.332 e. The molecule has 0 amide bonds. The van der Waals surface area contributed by atoms with Crippen molar-refractivity contribution in [2.75, 3.05) is 0 Å². The van der Waals surface area contributed by atoms with E-state index >= 15 is 0 Å². The molecule has 0 unspecified atom stereocenters. The normalized spacial score (nSPS) is 11.1. The van der Waals surface area contributed by atoms with E-state index in [4.69, 9.17) is 11.6 Å². The van der Waals surface area contributed by atoms with Crippen LogP contribution in [0.25, 0.3) is 22.4 Å². The lowest BCUT2D eigenvalue weighted by Crippen LogP contribution is -2.40. The van der Waals surface area contributed by atoms with E-state index in [9.17, 15) is 14.4 Å². The number of nitrogens with zero attached hydrogens (tertiary/aromatic N) is 4. The highest BCUT2D eigenvalue weighted by Crippen LogP contribution is 2.18. The van der Waals surface area contributed by atoms with Crippen molar-refractivity contribution >= 4 is 22.8 Å². The number of aromatic nitrogens is 4. The Hall–Kier alpha value is -2.67. The fourth-order valence-corrected chi connectivity index (χ4v) is 2.63. The molecule has 118 valence electrons. The third-order valence-corrected chi connectivity index (χ3v) is 4.03. The molecule has 23 heavy (non-hydrogen) atoms. The molecule has 0 bridgehead atoms. The zero-order valence-electron chi connectivity index (χ0n) is 12.7. The summed E-state index contributed by atoms with van der Waals surface area (Å²) in [5, 5.41) is 0.532. The number of hydrogen-bond donors (Lipinski definition) is 0. The summed E-state index contributed by atoms with van der Waals surface area (Å²) in [6, 6.07) is 6.59. The fraction of sp³-hybridized carbons (Fsp3) is 0.200. The van der Waals surface area contributed by atoms with Crippen LogP contribution in [0.4, 0.5) is 0 Å². The highest BCUT2D eigenvalue weighted by molar-refractivity contribution is 6.30. The van der Waals surface area contributed by atoms with Crippen molar-refractivity contribution < 1.29 is 0 Å².